The number of sulfone groups is 1. The third-order valence-electron chi connectivity index (χ3n) is 4.02. The summed E-state index contributed by atoms with van der Waals surface area (Å²) in [4.78, 5) is 19.9. The first-order chi connectivity index (χ1) is 14.3. The summed E-state index contributed by atoms with van der Waals surface area (Å²) in [6.45, 7) is 5.51. The van der Waals surface area contributed by atoms with Crippen LogP contribution in [0.15, 0.2) is 41.9 Å². The number of aromatic nitrogens is 1. The Hall–Kier alpha value is -3.21. The van der Waals surface area contributed by atoms with E-state index in [1.807, 2.05) is 0 Å². The number of nitrogens with one attached hydrogen (secondary N) is 1. The number of hydrogen-bond donors (Lipinski definition) is 2. The normalized spacial score (nSPS) is 12.2. The fourth-order valence-electron chi connectivity index (χ4n) is 2.49. The molecule has 0 atom stereocenters. The van der Waals surface area contributed by atoms with Crippen molar-refractivity contribution in [1.29, 1.82) is 0 Å². The Bertz CT molecular complexity index is 1140. The molecule has 0 unspecified atom stereocenters. The number of aliphatic imine (C=N–C) groups is 1. The predicted molar refractivity (Wildman–Crippen MR) is 115 cm³/mol. The maximum Gasteiger partial charge on any atom is 0.433 e. The van der Waals surface area contributed by atoms with E-state index in [9.17, 15) is 26.4 Å². The number of nitrogens with two attached hydrogens (primary N) is 1. The zero-order chi connectivity index (χ0) is 23.4. The first kappa shape index (κ1) is 24.1. The second-order valence-electron chi connectivity index (χ2n) is 6.83. The molecule has 166 valence electrons. The number of nitrogens with zero attached hydrogens (tertiary/aromatic N) is 2. The van der Waals surface area contributed by atoms with Crippen LogP contribution >= 0.6 is 0 Å². The molecule has 1 amide bonds. The second-order valence-corrected chi connectivity index (χ2v) is 9.09. The smallest absolute Gasteiger partial charge is 0.398 e. The van der Waals surface area contributed by atoms with Crippen molar-refractivity contribution in [3.63, 3.8) is 0 Å². The molecule has 0 saturated heterocycles. The Kier molecular flexibility index (Phi) is 7.21. The molecule has 0 saturated carbocycles. The van der Waals surface area contributed by atoms with Gasteiger partial charge >= 0.3 is 6.18 Å². The number of pyridine rings is 1. The summed E-state index contributed by atoms with van der Waals surface area (Å²) in [5.74, 6) is -0.990. The molecule has 0 radical (unpaired) electrons. The summed E-state index contributed by atoms with van der Waals surface area (Å²) in [7, 11) is -3.18. The van der Waals surface area contributed by atoms with Crippen molar-refractivity contribution in [3.8, 4) is 0 Å². The molecule has 2 rings (SSSR count). The van der Waals surface area contributed by atoms with Gasteiger partial charge in [-0.2, -0.15) is 13.2 Å². The Labute approximate surface area is 177 Å². The molecule has 2 aromatic rings. The van der Waals surface area contributed by atoms with E-state index in [1.165, 1.54) is 18.3 Å². The lowest BCUT2D eigenvalue weighted by Crippen LogP contribution is -2.18. The Morgan fingerprint density at radius 3 is 2.58 bits per heavy atom. The van der Waals surface area contributed by atoms with Gasteiger partial charge in [0.15, 0.2) is 0 Å². The highest BCUT2D eigenvalue weighted by atomic mass is 32.2. The van der Waals surface area contributed by atoms with E-state index in [0.29, 0.717) is 22.4 Å². The van der Waals surface area contributed by atoms with Crippen LogP contribution in [-0.2, 0) is 16.0 Å². The van der Waals surface area contributed by atoms with Gasteiger partial charge in [0.1, 0.15) is 21.2 Å². The van der Waals surface area contributed by atoms with Gasteiger partial charge in [-0.15, -0.1) is 0 Å². The number of amides is 1. The molecular formula is C20H21F3N4O3S. The van der Waals surface area contributed by atoms with E-state index in [2.05, 4.69) is 21.9 Å². The quantitative estimate of drug-likeness (QED) is 0.491. The molecule has 0 bridgehead atoms. The van der Waals surface area contributed by atoms with E-state index in [1.54, 1.807) is 6.92 Å². The maximum absolute atomic E-state index is 12.9. The van der Waals surface area contributed by atoms with Crippen LogP contribution in [0.1, 0.15) is 34.2 Å². The number of alkyl halides is 3. The molecular weight excluding hydrogens is 433 g/mol. The number of carbonyl (C=O) groups is 1. The monoisotopic (exact) mass is 454 g/mol. The number of halogens is 3. The number of nitrogen functional groups attached to an aromatic ring is 1. The SMILES string of the molecule is C=C(C)c1cc(N)c(C=NCCS(C)(=O)=O)cc1NC(=O)c1cccc(C(F)(F)F)n1. The third kappa shape index (κ3) is 6.92. The van der Waals surface area contributed by atoms with Crippen molar-refractivity contribution >= 4 is 38.9 Å². The van der Waals surface area contributed by atoms with Crippen LogP contribution in [0.4, 0.5) is 24.5 Å². The van der Waals surface area contributed by atoms with Gasteiger partial charge in [-0.1, -0.05) is 12.6 Å². The Balaban J connectivity index is 2.35. The molecule has 0 fully saturated rings. The number of rotatable bonds is 7. The van der Waals surface area contributed by atoms with E-state index in [0.717, 1.165) is 24.5 Å². The number of carbonyl (C=O) groups excluding carboxylic acids is 1. The van der Waals surface area contributed by atoms with Crippen molar-refractivity contribution in [1.82, 2.24) is 4.98 Å². The Morgan fingerprint density at radius 1 is 1.32 bits per heavy atom. The minimum Gasteiger partial charge on any atom is -0.398 e. The molecule has 1 aromatic carbocycles. The van der Waals surface area contributed by atoms with E-state index in [-0.39, 0.29) is 18.0 Å². The average molecular weight is 454 g/mol. The number of allylic oxidation sites excluding steroid dienone is 1. The van der Waals surface area contributed by atoms with E-state index in [4.69, 9.17) is 5.73 Å². The van der Waals surface area contributed by atoms with Crippen molar-refractivity contribution in [2.75, 3.05) is 29.6 Å². The van der Waals surface area contributed by atoms with Crippen LogP contribution in [0.2, 0.25) is 0 Å². The molecule has 0 aliphatic rings. The summed E-state index contributed by atoms with van der Waals surface area (Å²) < 4.78 is 61.0. The van der Waals surface area contributed by atoms with Gasteiger partial charge in [0, 0.05) is 35.0 Å². The summed E-state index contributed by atoms with van der Waals surface area (Å²) in [6, 6.07) is 6.04. The average Bonchev–Trinajstić information content (AvgIpc) is 2.65. The molecule has 3 N–H and O–H groups in total. The highest BCUT2D eigenvalue weighted by molar-refractivity contribution is 7.90. The van der Waals surface area contributed by atoms with Crippen molar-refractivity contribution < 1.29 is 26.4 Å². The van der Waals surface area contributed by atoms with Gasteiger partial charge in [0.2, 0.25) is 0 Å². The zero-order valence-corrected chi connectivity index (χ0v) is 17.6. The summed E-state index contributed by atoms with van der Waals surface area (Å²) in [5.41, 5.74) is 6.38. The van der Waals surface area contributed by atoms with Crippen LogP contribution < -0.4 is 11.1 Å². The van der Waals surface area contributed by atoms with Gasteiger partial charge in [-0.25, -0.2) is 13.4 Å². The van der Waals surface area contributed by atoms with Crippen molar-refractivity contribution in [2.24, 2.45) is 4.99 Å². The lowest BCUT2D eigenvalue weighted by atomic mass is 10.0. The van der Waals surface area contributed by atoms with Gasteiger partial charge < -0.3 is 11.1 Å². The van der Waals surface area contributed by atoms with Gasteiger partial charge in [-0.05, 0) is 36.8 Å². The molecule has 1 aromatic heterocycles. The first-order valence-corrected chi connectivity index (χ1v) is 11.0. The fourth-order valence-corrected chi connectivity index (χ4v) is 2.93. The van der Waals surface area contributed by atoms with Crippen LogP contribution in [0.3, 0.4) is 0 Å². The molecule has 0 aliphatic carbocycles. The fraction of sp³-hybridized carbons (Fsp3) is 0.250. The standard InChI is InChI=1S/C20H21F3N4O3S/c1-12(2)14-10-15(24)13(11-25-7-8-31(3,29)30)9-17(14)27-19(28)16-5-4-6-18(26-16)20(21,22)23/h4-6,9-11H,1,7-8,24H2,2-3H3,(H,27,28). The summed E-state index contributed by atoms with van der Waals surface area (Å²) in [5, 5.41) is 2.53. The summed E-state index contributed by atoms with van der Waals surface area (Å²) >= 11 is 0. The van der Waals surface area contributed by atoms with Gasteiger partial charge in [0.05, 0.1) is 12.3 Å². The van der Waals surface area contributed by atoms with Crippen LogP contribution in [0, 0.1) is 0 Å². The van der Waals surface area contributed by atoms with Gasteiger partial charge in [0.25, 0.3) is 5.91 Å². The largest absolute Gasteiger partial charge is 0.433 e. The minimum absolute atomic E-state index is 0.0242. The van der Waals surface area contributed by atoms with Crippen LogP contribution in [0.25, 0.3) is 5.57 Å². The predicted octanol–water partition coefficient (Wildman–Crippen LogP) is 3.43. The summed E-state index contributed by atoms with van der Waals surface area (Å²) in [6.07, 6.45) is -2.23. The number of anilines is 2. The van der Waals surface area contributed by atoms with Crippen LogP contribution in [0.5, 0.6) is 0 Å². The maximum atomic E-state index is 12.9. The highest BCUT2D eigenvalue weighted by Gasteiger charge is 2.33. The lowest BCUT2D eigenvalue weighted by molar-refractivity contribution is -0.141. The lowest BCUT2D eigenvalue weighted by Gasteiger charge is -2.14. The van der Waals surface area contributed by atoms with E-state index >= 15 is 0 Å². The van der Waals surface area contributed by atoms with Crippen molar-refractivity contribution in [3.05, 3.63) is 59.4 Å². The van der Waals surface area contributed by atoms with Gasteiger partial charge in [-0.3, -0.25) is 9.79 Å². The third-order valence-corrected chi connectivity index (χ3v) is 4.95. The number of hydrogen-bond acceptors (Lipinski definition) is 6. The highest BCUT2D eigenvalue weighted by Crippen LogP contribution is 2.29. The molecule has 31 heavy (non-hydrogen) atoms. The second kappa shape index (κ2) is 9.29. The molecule has 7 nitrogen and oxygen atoms in total. The molecule has 0 spiro atoms. The topological polar surface area (TPSA) is 115 Å². The molecule has 0 aliphatic heterocycles. The Morgan fingerprint density at radius 2 is 2.00 bits per heavy atom. The minimum atomic E-state index is -4.68. The zero-order valence-electron chi connectivity index (χ0n) is 16.8. The molecule has 1 heterocycles. The van der Waals surface area contributed by atoms with E-state index < -0.39 is 33.3 Å². The van der Waals surface area contributed by atoms with Crippen LogP contribution in [-0.4, -0.2) is 44.1 Å². The first-order valence-electron chi connectivity index (χ1n) is 8.90. The number of benzene rings is 1. The molecule has 11 heteroatoms. The van der Waals surface area contributed by atoms with Crippen molar-refractivity contribution in [2.45, 2.75) is 13.1 Å².